The third-order valence-electron chi connectivity index (χ3n) is 7.15. The summed E-state index contributed by atoms with van der Waals surface area (Å²) in [6, 6.07) is 5.07. The van der Waals surface area contributed by atoms with Crippen molar-refractivity contribution in [2.45, 2.75) is 35.0 Å². The number of halogens is 3. The van der Waals surface area contributed by atoms with E-state index in [-0.39, 0.29) is 28.3 Å². The van der Waals surface area contributed by atoms with E-state index in [0.29, 0.717) is 25.0 Å². The molecule has 0 radical (unpaired) electrons. The lowest BCUT2D eigenvalue weighted by Crippen LogP contribution is -2.43. The van der Waals surface area contributed by atoms with Crippen molar-refractivity contribution in [1.29, 1.82) is 0 Å². The Balaban J connectivity index is 1.68. The first kappa shape index (κ1) is 28.3. The molecule has 0 heterocycles. The van der Waals surface area contributed by atoms with E-state index in [4.69, 9.17) is 4.18 Å². The van der Waals surface area contributed by atoms with Gasteiger partial charge in [-0.3, -0.25) is 8.98 Å². The van der Waals surface area contributed by atoms with Gasteiger partial charge in [-0.25, -0.2) is 21.6 Å². The van der Waals surface area contributed by atoms with Gasteiger partial charge in [-0.15, -0.1) is 0 Å². The predicted octanol–water partition coefficient (Wildman–Crippen LogP) is 2.70. The Bertz CT molecular complexity index is 1480. The van der Waals surface area contributed by atoms with Crippen molar-refractivity contribution in [2.75, 3.05) is 37.2 Å². The highest BCUT2D eigenvalue weighted by molar-refractivity contribution is 7.92. The van der Waals surface area contributed by atoms with Crippen LogP contribution in [0.1, 0.15) is 29.6 Å². The molecule has 2 aliphatic rings. The Morgan fingerprint density at radius 3 is 2.32 bits per heavy atom. The Labute approximate surface area is 218 Å². The molecule has 2 aromatic carbocycles. The molecule has 9 nitrogen and oxygen atoms in total. The number of carbonyl (C=O) groups is 1. The Morgan fingerprint density at radius 1 is 1.11 bits per heavy atom. The van der Waals surface area contributed by atoms with Crippen molar-refractivity contribution in [3.05, 3.63) is 53.3 Å². The lowest BCUT2D eigenvalue weighted by molar-refractivity contribution is -0.0467. The van der Waals surface area contributed by atoms with Crippen LogP contribution in [0.25, 0.3) is 0 Å². The van der Waals surface area contributed by atoms with Crippen LogP contribution in [0.3, 0.4) is 0 Å². The number of anilines is 2. The van der Waals surface area contributed by atoms with Crippen molar-refractivity contribution < 1.29 is 44.1 Å². The van der Waals surface area contributed by atoms with E-state index < -0.39 is 72.6 Å². The van der Waals surface area contributed by atoms with Crippen molar-refractivity contribution in [3.63, 3.8) is 0 Å². The predicted molar refractivity (Wildman–Crippen MR) is 133 cm³/mol. The van der Waals surface area contributed by atoms with E-state index in [1.54, 1.807) is 14.1 Å². The topological polar surface area (TPSA) is 130 Å². The molecule has 1 amide bonds. The van der Waals surface area contributed by atoms with Gasteiger partial charge in [-0.1, -0.05) is 0 Å². The van der Waals surface area contributed by atoms with Crippen molar-refractivity contribution in [3.8, 4) is 0 Å². The van der Waals surface area contributed by atoms with Gasteiger partial charge in [0, 0.05) is 43.4 Å². The molecule has 2 fully saturated rings. The van der Waals surface area contributed by atoms with Crippen LogP contribution in [-0.4, -0.2) is 65.7 Å². The third kappa shape index (κ3) is 5.26. The zero-order valence-corrected chi connectivity index (χ0v) is 22.4. The van der Waals surface area contributed by atoms with E-state index >= 15 is 0 Å². The fourth-order valence-electron chi connectivity index (χ4n) is 5.52. The molecule has 14 heteroatoms. The maximum atomic E-state index is 14.0. The summed E-state index contributed by atoms with van der Waals surface area (Å²) in [7, 11) is -4.83. The van der Waals surface area contributed by atoms with Crippen LogP contribution in [0.2, 0.25) is 0 Å². The van der Waals surface area contributed by atoms with E-state index in [1.807, 2.05) is 0 Å². The lowest BCUT2D eigenvalue weighted by atomic mass is 9.85. The summed E-state index contributed by atoms with van der Waals surface area (Å²) in [4.78, 5) is 14.2. The van der Waals surface area contributed by atoms with Crippen LogP contribution in [0.5, 0.6) is 0 Å². The van der Waals surface area contributed by atoms with Gasteiger partial charge >= 0.3 is 0 Å². The Kier molecular flexibility index (Phi) is 7.31. The smallest absolute Gasteiger partial charge is 0.264 e. The summed E-state index contributed by atoms with van der Waals surface area (Å²) in [6.07, 6.45) is 1.73. The third-order valence-corrected chi connectivity index (χ3v) is 10.1. The fraction of sp³-hybridized carbons (Fsp3) is 0.458. The SMILES string of the molecule is CN(C)c1ccc(C(=O)Nc2cc(F)c(F)c(F)c2)cc1S(=O)(=O)[C@@H]1C2CCC1[C@@](O)(COS(C)(=O)=O)C2. The molecule has 0 saturated heterocycles. The van der Waals surface area contributed by atoms with Crippen LogP contribution in [0.15, 0.2) is 35.2 Å². The van der Waals surface area contributed by atoms with Gasteiger partial charge in [0.15, 0.2) is 27.3 Å². The number of fused-ring (bicyclic) bond motifs is 2. The summed E-state index contributed by atoms with van der Waals surface area (Å²) in [5.74, 6) is -6.84. The molecule has 2 bridgehead atoms. The quantitative estimate of drug-likeness (QED) is 0.363. The average molecular weight is 577 g/mol. The van der Waals surface area contributed by atoms with Gasteiger partial charge in [0.1, 0.15) is 0 Å². The van der Waals surface area contributed by atoms with Crippen molar-refractivity contribution in [1.82, 2.24) is 0 Å². The molecule has 2 N–H and O–H groups in total. The van der Waals surface area contributed by atoms with Gasteiger partial charge < -0.3 is 15.3 Å². The van der Waals surface area contributed by atoms with Gasteiger partial charge in [0.2, 0.25) is 0 Å². The van der Waals surface area contributed by atoms with Gasteiger partial charge in [-0.05, 0) is 43.4 Å². The number of nitrogens with one attached hydrogen (secondary N) is 1. The molecular formula is C24H27F3N2O7S2. The second-order valence-electron chi connectivity index (χ2n) is 10.0. The molecule has 2 saturated carbocycles. The highest BCUT2D eigenvalue weighted by atomic mass is 32.2. The van der Waals surface area contributed by atoms with Crippen LogP contribution in [-0.2, 0) is 24.1 Å². The first-order chi connectivity index (χ1) is 17.5. The molecule has 4 atom stereocenters. The van der Waals surface area contributed by atoms with Gasteiger partial charge in [0.25, 0.3) is 16.0 Å². The number of benzene rings is 2. The number of hydrogen-bond donors (Lipinski definition) is 2. The standard InChI is InChI=1S/C24H27F3N2O7S2/c1-29(2)19-7-5-13(23(30)28-15-9-17(25)21(27)18(26)10-15)8-20(19)38(34,35)22-14-4-6-16(22)24(31,11-14)12-36-37(3,32)33/h5,7-10,14,16,22,31H,4,6,11-12H2,1-3H3,(H,28,30)/t14?,16?,22-,24+/m1/s1. The molecular weight excluding hydrogens is 549 g/mol. The van der Waals surface area contributed by atoms with Gasteiger partial charge in [0.05, 0.1) is 34.3 Å². The first-order valence-electron chi connectivity index (χ1n) is 11.6. The second kappa shape index (κ2) is 9.81. The largest absolute Gasteiger partial charge is 0.387 e. The molecule has 2 unspecified atom stereocenters. The summed E-state index contributed by atoms with van der Waals surface area (Å²) in [6.45, 7) is -0.563. The first-order valence-corrected chi connectivity index (χ1v) is 15.0. The van der Waals surface area contributed by atoms with Crippen molar-refractivity contribution >= 4 is 37.2 Å². The number of amides is 1. The fourth-order valence-corrected chi connectivity index (χ4v) is 8.63. The molecule has 0 aromatic heterocycles. The van der Waals surface area contributed by atoms with E-state index in [0.717, 1.165) is 12.3 Å². The molecule has 0 aliphatic heterocycles. The summed E-state index contributed by atoms with van der Waals surface area (Å²) < 4.78 is 96.2. The Hall–Kier alpha value is -2.68. The minimum atomic E-state index is -4.18. The summed E-state index contributed by atoms with van der Waals surface area (Å²) >= 11 is 0. The number of nitrogens with zero attached hydrogens (tertiary/aromatic N) is 1. The molecule has 38 heavy (non-hydrogen) atoms. The highest BCUT2D eigenvalue weighted by Gasteiger charge is 2.61. The minimum absolute atomic E-state index is 0.0379. The summed E-state index contributed by atoms with van der Waals surface area (Å²) in [5, 5.41) is 12.3. The number of hydrogen-bond acceptors (Lipinski definition) is 8. The monoisotopic (exact) mass is 576 g/mol. The number of aliphatic hydroxyl groups is 1. The maximum absolute atomic E-state index is 14.0. The van der Waals surface area contributed by atoms with Crippen molar-refractivity contribution in [2.24, 2.45) is 11.8 Å². The number of carbonyl (C=O) groups excluding carboxylic acids is 1. The molecule has 2 aromatic rings. The molecule has 4 rings (SSSR count). The number of rotatable bonds is 8. The molecule has 0 spiro atoms. The average Bonchev–Trinajstić information content (AvgIpc) is 3.37. The van der Waals surface area contributed by atoms with E-state index in [9.17, 15) is 39.9 Å². The van der Waals surface area contributed by atoms with Crippen LogP contribution in [0, 0.1) is 29.3 Å². The normalized spacial score (nSPS) is 25.0. The van der Waals surface area contributed by atoms with Crippen LogP contribution < -0.4 is 10.2 Å². The maximum Gasteiger partial charge on any atom is 0.264 e. The van der Waals surface area contributed by atoms with E-state index in [2.05, 4.69) is 5.32 Å². The zero-order chi connectivity index (χ0) is 28.2. The van der Waals surface area contributed by atoms with Crippen LogP contribution in [0.4, 0.5) is 24.5 Å². The number of sulfone groups is 1. The van der Waals surface area contributed by atoms with Crippen LogP contribution >= 0.6 is 0 Å². The lowest BCUT2D eigenvalue weighted by Gasteiger charge is -2.32. The Morgan fingerprint density at radius 2 is 1.74 bits per heavy atom. The second-order valence-corrected chi connectivity index (χ2v) is 13.7. The zero-order valence-electron chi connectivity index (χ0n) is 20.7. The molecule has 208 valence electrons. The summed E-state index contributed by atoms with van der Waals surface area (Å²) in [5.41, 5.74) is -1.89. The molecule has 2 aliphatic carbocycles. The highest BCUT2D eigenvalue weighted by Crippen LogP contribution is 2.55. The minimum Gasteiger partial charge on any atom is -0.387 e. The van der Waals surface area contributed by atoms with E-state index in [1.165, 1.54) is 17.0 Å². The van der Waals surface area contributed by atoms with Gasteiger partial charge in [-0.2, -0.15) is 8.42 Å².